The molecule has 0 saturated carbocycles. The Bertz CT molecular complexity index is 556. The Morgan fingerprint density at radius 2 is 1.69 bits per heavy atom. The minimum Gasteiger partial charge on any atom is -0.207 e. The molecule has 0 aliphatic heterocycles. The number of nitrogens with zero attached hydrogens (tertiary/aromatic N) is 1. The van der Waals surface area contributed by atoms with Crippen molar-refractivity contribution in [2.45, 2.75) is 0 Å². The third-order valence-electron chi connectivity index (χ3n) is 2.24. The molecular weight excluding hydrogens is 208 g/mol. The quantitative estimate of drug-likeness (QED) is 0.714. The molecule has 16 heavy (non-hydrogen) atoms. The Balaban J connectivity index is 2.71. The summed E-state index contributed by atoms with van der Waals surface area (Å²) in [5.74, 6) is -1.46. The molecule has 2 aromatic rings. The van der Waals surface area contributed by atoms with Crippen LogP contribution in [0.2, 0.25) is 0 Å². The average Bonchev–Trinajstić information content (AvgIpc) is 2.29. The number of halogens is 2. The van der Waals surface area contributed by atoms with E-state index in [2.05, 4.69) is 0 Å². The fraction of sp³-hybridized carbons (Fsp3) is 0. The van der Waals surface area contributed by atoms with Crippen molar-refractivity contribution in [2.24, 2.45) is 0 Å². The van der Waals surface area contributed by atoms with Gasteiger partial charge in [-0.15, -0.1) is 0 Å². The lowest BCUT2D eigenvalue weighted by Gasteiger charge is -2.05. The summed E-state index contributed by atoms with van der Waals surface area (Å²) in [5.41, 5.74) is 0.713. The van der Waals surface area contributed by atoms with Crippen LogP contribution in [0.4, 0.5) is 8.78 Å². The molecule has 0 fully saturated rings. The van der Waals surface area contributed by atoms with Gasteiger partial charge in [0.25, 0.3) is 0 Å². The fourth-order valence-corrected chi connectivity index (χ4v) is 1.56. The van der Waals surface area contributed by atoms with Crippen molar-refractivity contribution in [1.29, 1.82) is 5.26 Å². The molecule has 78 valence electrons. The van der Waals surface area contributed by atoms with Gasteiger partial charge in [-0.1, -0.05) is 30.3 Å². The van der Waals surface area contributed by atoms with Crippen LogP contribution >= 0.6 is 0 Å². The molecule has 0 radical (unpaired) electrons. The first-order chi connectivity index (χ1) is 7.72. The van der Waals surface area contributed by atoms with Crippen molar-refractivity contribution in [1.82, 2.24) is 0 Å². The van der Waals surface area contributed by atoms with Crippen molar-refractivity contribution >= 4 is 0 Å². The Kier molecular flexibility index (Phi) is 2.65. The zero-order valence-corrected chi connectivity index (χ0v) is 8.24. The molecule has 0 unspecified atom stereocenters. The molecule has 0 N–H and O–H groups in total. The highest BCUT2D eigenvalue weighted by atomic mass is 19.1. The maximum absolute atomic E-state index is 13.6. The van der Waals surface area contributed by atoms with Crippen LogP contribution in [0.5, 0.6) is 0 Å². The van der Waals surface area contributed by atoms with E-state index < -0.39 is 11.6 Å². The van der Waals surface area contributed by atoms with Gasteiger partial charge in [-0.25, -0.2) is 8.78 Å². The number of benzene rings is 2. The number of rotatable bonds is 1. The molecule has 0 aliphatic rings. The molecule has 3 heteroatoms. The largest absolute Gasteiger partial charge is 0.207 e. The van der Waals surface area contributed by atoms with E-state index in [0.717, 1.165) is 12.1 Å². The van der Waals surface area contributed by atoms with Crippen molar-refractivity contribution in [3.63, 3.8) is 0 Å². The Hall–Kier alpha value is -2.21. The summed E-state index contributed by atoms with van der Waals surface area (Å²) in [6.07, 6.45) is 0. The van der Waals surface area contributed by atoms with Gasteiger partial charge in [-0.2, -0.15) is 5.26 Å². The minimum absolute atomic E-state index is 0.00343. The second kappa shape index (κ2) is 4.11. The van der Waals surface area contributed by atoms with E-state index in [1.54, 1.807) is 36.4 Å². The summed E-state index contributed by atoms with van der Waals surface area (Å²) in [6.45, 7) is 0. The normalized spacial score (nSPS) is 9.81. The van der Waals surface area contributed by atoms with E-state index in [4.69, 9.17) is 5.26 Å². The molecule has 0 amide bonds. The van der Waals surface area contributed by atoms with Crippen LogP contribution in [-0.2, 0) is 0 Å². The summed E-state index contributed by atoms with van der Waals surface area (Å²) in [7, 11) is 0. The first kappa shape index (κ1) is 10.3. The maximum Gasteiger partial charge on any atom is 0.135 e. The van der Waals surface area contributed by atoms with Crippen LogP contribution in [0.25, 0.3) is 11.1 Å². The molecular formula is C13H7F2N. The van der Waals surface area contributed by atoms with Crippen LogP contribution in [0.15, 0.2) is 42.5 Å². The van der Waals surface area contributed by atoms with Crippen LogP contribution in [-0.4, -0.2) is 0 Å². The Morgan fingerprint density at radius 1 is 1.00 bits per heavy atom. The predicted molar refractivity (Wildman–Crippen MR) is 56.5 cm³/mol. The topological polar surface area (TPSA) is 23.8 Å². The second-order valence-corrected chi connectivity index (χ2v) is 3.29. The van der Waals surface area contributed by atoms with E-state index >= 15 is 0 Å². The molecule has 0 bridgehead atoms. The van der Waals surface area contributed by atoms with Crippen LogP contribution < -0.4 is 0 Å². The van der Waals surface area contributed by atoms with Gasteiger partial charge in [0, 0.05) is 11.6 Å². The third-order valence-corrected chi connectivity index (χ3v) is 2.24. The second-order valence-electron chi connectivity index (χ2n) is 3.29. The molecule has 0 saturated heterocycles. The number of hydrogen-bond donors (Lipinski definition) is 0. The van der Waals surface area contributed by atoms with Crippen LogP contribution in [0.3, 0.4) is 0 Å². The highest BCUT2D eigenvalue weighted by molar-refractivity contribution is 5.71. The van der Waals surface area contributed by atoms with Gasteiger partial charge in [0.05, 0.1) is 11.6 Å². The summed E-state index contributed by atoms with van der Waals surface area (Å²) in [6, 6.07) is 12.2. The lowest BCUT2D eigenvalue weighted by Crippen LogP contribution is -1.91. The van der Waals surface area contributed by atoms with E-state index in [0.29, 0.717) is 5.56 Å². The van der Waals surface area contributed by atoms with E-state index in [-0.39, 0.29) is 11.1 Å². The SMILES string of the molecule is N#Cc1cc(F)cc(F)c1-c1ccccc1. The van der Waals surface area contributed by atoms with Gasteiger partial charge in [-0.05, 0) is 11.6 Å². The minimum atomic E-state index is -0.742. The van der Waals surface area contributed by atoms with E-state index in [1.165, 1.54) is 0 Å². The number of hydrogen-bond acceptors (Lipinski definition) is 1. The third kappa shape index (κ3) is 1.78. The lowest BCUT2D eigenvalue weighted by molar-refractivity contribution is 0.585. The Labute approximate surface area is 91.6 Å². The number of nitriles is 1. The van der Waals surface area contributed by atoms with Gasteiger partial charge in [-0.3, -0.25) is 0 Å². The first-order valence-corrected chi connectivity index (χ1v) is 4.67. The predicted octanol–water partition coefficient (Wildman–Crippen LogP) is 3.50. The van der Waals surface area contributed by atoms with Crippen molar-refractivity contribution in [3.8, 4) is 17.2 Å². The van der Waals surface area contributed by atoms with Crippen molar-refractivity contribution < 1.29 is 8.78 Å². The highest BCUT2D eigenvalue weighted by Gasteiger charge is 2.12. The van der Waals surface area contributed by atoms with Gasteiger partial charge in [0.15, 0.2) is 0 Å². The Morgan fingerprint density at radius 3 is 2.31 bits per heavy atom. The van der Waals surface area contributed by atoms with Crippen molar-refractivity contribution in [3.05, 3.63) is 59.7 Å². The molecule has 0 aliphatic carbocycles. The van der Waals surface area contributed by atoms with Gasteiger partial charge in [0.1, 0.15) is 11.6 Å². The van der Waals surface area contributed by atoms with E-state index in [9.17, 15) is 8.78 Å². The molecule has 1 nitrogen and oxygen atoms in total. The molecule has 0 spiro atoms. The molecule has 0 aromatic heterocycles. The highest BCUT2D eigenvalue weighted by Crippen LogP contribution is 2.27. The van der Waals surface area contributed by atoms with Crippen LogP contribution in [0.1, 0.15) is 5.56 Å². The smallest absolute Gasteiger partial charge is 0.135 e. The summed E-state index contributed by atoms with van der Waals surface area (Å²) in [5, 5.41) is 8.85. The monoisotopic (exact) mass is 215 g/mol. The first-order valence-electron chi connectivity index (χ1n) is 4.67. The molecule has 0 atom stereocenters. The summed E-state index contributed by atoms with van der Waals surface area (Å²) < 4.78 is 26.5. The fourth-order valence-electron chi connectivity index (χ4n) is 1.56. The van der Waals surface area contributed by atoms with Gasteiger partial charge < -0.3 is 0 Å². The average molecular weight is 215 g/mol. The lowest BCUT2D eigenvalue weighted by atomic mass is 10.00. The summed E-state index contributed by atoms with van der Waals surface area (Å²) in [4.78, 5) is 0. The van der Waals surface area contributed by atoms with E-state index in [1.807, 2.05) is 0 Å². The van der Waals surface area contributed by atoms with Gasteiger partial charge in [0.2, 0.25) is 0 Å². The zero-order chi connectivity index (χ0) is 11.5. The zero-order valence-electron chi connectivity index (χ0n) is 8.24. The molecule has 2 rings (SSSR count). The van der Waals surface area contributed by atoms with Crippen LogP contribution in [0, 0.1) is 23.0 Å². The summed E-state index contributed by atoms with van der Waals surface area (Å²) >= 11 is 0. The van der Waals surface area contributed by atoms with Crippen molar-refractivity contribution in [2.75, 3.05) is 0 Å². The maximum atomic E-state index is 13.6. The van der Waals surface area contributed by atoms with Gasteiger partial charge >= 0.3 is 0 Å². The molecule has 0 heterocycles. The standard InChI is InChI=1S/C13H7F2N/c14-11-6-10(8-16)13(12(15)7-11)9-4-2-1-3-5-9/h1-7H. The molecule has 2 aromatic carbocycles.